The van der Waals surface area contributed by atoms with Gasteiger partial charge in [0.2, 0.25) is 0 Å². The van der Waals surface area contributed by atoms with E-state index in [1.807, 2.05) is 0 Å². The zero-order valence-electron chi connectivity index (χ0n) is 12.4. The molecule has 0 aromatic heterocycles. The molecule has 19 heavy (non-hydrogen) atoms. The van der Waals surface area contributed by atoms with E-state index in [0.717, 1.165) is 24.2 Å². The van der Waals surface area contributed by atoms with Crippen LogP contribution in [0.3, 0.4) is 0 Å². The largest absolute Gasteiger partial charge is 0.0838 e. The van der Waals surface area contributed by atoms with E-state index in [0.29, 0.717) is 10.8 Å². The van der Waals surface area contributed by atoms with E-state index >= 15 is 0 Å². The molecule has 0 unspecified atom stereocenters. The molecule has 102 valence electrons. The van der Waals surface area contributed by atoms with Crippen molar-refractivity contribution in [3.63, 3.8) is 0 Å². The van der Waals surface area contributed by atoms with Crippen LogP contribution in [0.5, 0.6) is 0 Å². The molecule has 0 N–H and O–H groups in total. The highest BCUT2D eigenvalue weighted by Crippen LogP contribution is 2.62. The van der Waals surface area contributed by atoms with Crippen molar-refractivity contribution >= 4 is 0 Å². The molecule has 0 heteroatoms. The molecule has 2 saturated carbocycles. The lowest BCUT2D eigenvalue weighted by Crippen LogP contribution is -2.46. The molecule has 4 aliphatic rings. The molecular formula is C19H26. The van der Waals surface area contributed by atoms with Gasteiger partial charge in [-0.3, -0.25) is 0 Å². The second-order valence-corrected chi connectivity index (χ2v) is 7.81. The Bertz CT molecular complexity index is 480. The van der Waals surface area contributed by atoms with E-state index in [4.69, 9.17) is 0 Å². The number of fused-ring (bicyclic) bond motifs is 5. The van der Waals surface area contributed by atoms with Crippen molar-refractivity contribution in [2.45, 2.75) is 52.4 Å². The van der Waals surface area contributed by atoms with Crippen LogP contribution >= 0.6 is 0 Å². The quantitative estimate of drug-likeness (QED) is 0.516. The Kier molecular flexibility index (Phi) is 2.44. The molecule has 0 aromatic rings. The predicted octanol–water partition coefficient (Wildman–Crippen LogP) is 5.28. The van der Waals surface area contributed by atoms with Gasteiger partial charge in [0.1, 0.15) is 0 Å². The second-order valence-electron chi connectivity index (χ2n) is 7.81. The highest BCUT2D eigenvalue weighted by Gasteiger charge is 2.53. The van der Waals surface area contributed by atoms with Gasteiger partial charge in [-0.1, -0.05) is 50.6 Å². The van der Waals surface area contributed by atoms with Crippen molar-refractivity contribution in [1.29, 1.82) is 0 Å². The van der Waals surface area contributed by atoms with Crippen LogP contribution in [0.2, 0.25) is 0 Å². The first-order chi connectivity index (χ1) is 9.13. The van der Waals surface area contributed by atoms with Crippen LogP contribution in [0.1, 0.15) is 52.4 Å². The standard InChI is InChI=1S/C19H26/c1-18-11-5-7-16(18)15-9-8-14-6-3-4-12-19(14,2)17(15)10-13-18/h4,6,8-9,12,15-17H,3,5,7,10-11,13H2,1-2H3/t15-,16-,17-,18-,19-/m0/s1. The molecule has 0 spiro atoms. The Morgan fingerprint density at radius 3 is 2.89 bits per heavy atom. The van der Waals surface area contributed by atoms with E-state index in [2.05, 4.69) is 44.2 Å². The Labute approximate surface area is 117 Å². The fourth-order valence-electron chi connectivity index (χ4n) is 5.78. The molecule has 5 atom stereocenters. The Hall–Kier alpha value is -0.780. The maximum atomic E-state index is 2.59. The van der Waals surface area contributed by atoms with Crippen LogP contribution in [0, 0.1) is 28.6 Å². The molecule has 0 heterocycles. The van der Waals surface area contributed by atoms with Crippen LogP contribution in [0.4, 0.5) is 0 Å². The van der Waals surface area contributed by atoms with Gasteiger partial charge in [0.15, 0.2) is 0 Å². The minimum Gasteiger partial charge on any atom is -0.0838 e. The lowest BCUT2D eigenvalue weighted by molar-refractivity contribution is 0.0261. The van der Waals surface area contributed by atoms with Crippen LogP contribution < -0.4 is 0 Å². The molecule has 0 aromatic carbocycles. The van der Waals surface area contributed by atoms with Gasteiger partial charge in [-0.25, -0.2) is 0 Å². The zero-order chi connectivity index (χ0) is 13.1. The van der Waals surface area contributed by atoms with Crippen molar-refractivity contribution in [3.8, 4) is 0 Å². The smallest absolute Gasteiger partial charge is 0.0134 e. The molecule has 0 bridgehead atoms. The number of hydrogen-bond acceptors (Lipinski definition) is 0. The summed E-state index contributed by atoms with van der Waals surface area (Å²) >= 11 is 0. The van der Waals surface area contributed by atoms with E-state index < -0.39 is 0 Å². The predicted molar refractivity (Wildman–Crippen MR) is 80.7 cm³/mol. The summed E-state index contributed by atoms with van der Waals surface area (Å²) in [6.45, 7) is 5.06. The summed E-state index contributed by atoms with van der Waals surface area (Å²) < 4.78 is 0. The van der Waals surface area contributed by atoms with Crippen molar-refractivity contribution < 1.29 is 0 Å². The number of rotatable bonds is 0. The average molecular weight is 254 g/mol. The topological polar surface area (TPSA) is 0 Å². The van der Waals surface area contributed by atoms with Crippen LogP contribution in [-0.2, 0) is 0 Å². The van der Waals surface area contributed by atoms with E-state index in [1.54, 1.807) is 5.57 Å². The summed E-state index contributed by atoms with van der Waals surface area (Å²) in [6.07, 6.45) is 20.9. The molecule has 0 saturated heterocycles. The minimum atomic E-state index is 0.335. The van der Waals surface area contributed by atoms with Gasteiger partial charge in [0.25, 0.3) is 0 Å². The van der Waals surface area contributed by atoms with Gasteiger partial charge < -0.3 is 0 Å². The van der Waals surface area contributed by atoms with Gasteiger partial charge in [0.05, 0.1) is 0 Å². The van der Waals surface area contributed by atoms with E-state index in [-0.39, 0.29) is 0 Å². The van der Waals surface area contributed by atoms with E-state index in [9.17, 15) is 0 Å². The maximum Gasteiger partial charge on any atom is 0.0134 e. The normalized spacial score (nSPS) is 51.3. The Balaban J connectivity index is 1.77. The minimum absolute atomic E-state index is 0.335. The molecule has 2 fully saturated rings. The fourth-order valence-corrected chi connectivity index (χ4v) is 5.78. The summed E-state index contributed by atoms with van der Waals surface area (Å²) in [5.74, 6) is 2.65. The first-order valence-electron chi connectivity index (χ1n) is 8.20. The fraction of sp³-hybridized carbons (Fsp3) is 0.684. The van der Waals surface area contributed by atoms with Crippen molar-refractivity contribution in [2.24, 2.45) is 28.6 Å². The zero-order valence-corrected chi connectivity index (χ0v) is 12.4. The molecule has 0 nitrogen and oxygen atoms in total. The van der Waals surface area contributed by atoms with Crippen molar-refractivity contribution in [3.05, 3.63) is 36.0 Å². The molecule has 4 aliphatic carbocycles. The van der Waals surface area contributed by atoms with Gasteiger partial charge in [0, 0.05) is 5.41 Å². The SMILES string of the molecule is C[C@@]12CCC[C@H]1[C@@H]1C=CC3=CCC=C[C@]3(C)[C@H]1CC2. The van der Waals surface area contributed by atoms with Gasteiger partial charge in [-0.15, -0.1) is 0 Å². The van der Waals surface area contributed by atoms with Gasteiger partial charge >= 0.3 is 0 Å². The summed E-state index contributed by atoms with van der Waals surface area (Å²) in [6, 6.07) is 0. The molecule has 0 amide bonds. The van der Waals surface area contributed by atoms with Crippen LogP contribution in [-0.4, -0.2) is 0 Å². The second kappa shape index (κ2) is 3.87. The Morgan fingerprint density at radius 1 is 1.11 bits per heavy atom. The monoisotopic (exact) mass is 254 g/mol. The van der Waals surface area contributed by atoms with Crippen LogP contribution in [0.25, 0.3) is 0 Å². The summed E-state index contributed by atoms with van der Waals surface area (Å²) in [5.41, 5.74) is 2.58. The molecule has 4 rings (SSSR count). The summed E-state index contributed by atoms with van der Waals surface area (Å²) in [5, 5.41) is 0. The number of hydrogen-bond donors (Lipinski definition) is 0. The molecular weight excluding hydrogens is 228 g/mol. The lowest BCUT2D eigenvalue weighted by atomic mass is 9.50. The third kappa shape index (κ3) is 1.52. The van der Waals surface area contributed by atoms with Crippen molar-refractivity contribution in [2.75, 3.05) is 0 Å². The summed E-state index contributed by atoms with van der Waals surface area (Å²) in [4.78, 5) is 0. The Morgan fingerprint density at radius 2 is 2.00 bits per heavy atom. The van der Waals surface area contributed by atoms with Gasteiger partial charge in [-0.05, 0) is 60.8 Å². The first-order valence-corrected chi connectivity index (χ1v) is 8.20. The first kappa shape index (κ1) is 12.0. The van der Waals surface area contributed by atoms with Crippen LogP contribution in [0.15, 0.2) is 36.0 Å². The third-order valence-electron chi connectivity index (χ3n) is 6.94. The molecule has 0 aliphatic heterocycles. The lowest BCUT2D eigenvalue weighted by Gasteiger charge is -2.54. The third-order valence-corrected chi connectivity index (χ3v) is 6.94. The van der Waals surface area contributed by atoms with E-state index in [1.165, 1.54) is 32.1 Å². The maximum absolute atomic E-state index is 2.59. The number of allylic oxidation sites excluding steroid dienone is 6. The summed E-state index contributed by atoms with van der Waals surface area (Å²) in [7, 11) is 0. The average Bonchev–Trinajstić information content (AvgIpc) is 2.79. The highest BCUT2D eigenvalue weighted by atomic mass is 14.6. The molecule has 0 radical (unpaired) electrons. The van der Waals surface area contributed by atoms with Crippen molar-refractivity contribution in [1.82, 2.24) is 0 Å². The van der Waals surface area contributed by atoms with Gasteiger partial charge in [-0.2, -0.15) is 0 Å². The highest BCUT2D eigenvalue weighted by molar-refractivity contribution is 5.40.